The van der Waals surface area contributed by atoms with E-state index in [2.05, 4.69) is 17.1 Å². The van der Waals surface area contributed by atoms with E-state index in [1.807, 2.05) is 65.6 Å². The Morgan fingerprint density at radius 2 is 1.46 bits per heavy atom. The molecule has 0 aliphatic carbocycles. The maximum absolute atomic E-state index is 13.9. The summed E-state index contributed by atoms with van der Waals surface area (Å²) >= 11 is 0. The number of nitrogens with one attached hydrogen (secondary N) is 1. The molecule has 2 heterocycles. The van der Waals surface area contributed by atoms with Crippen molar-refractivity contribution >= 4 is 23.4 Å². The second kappa shape index (κ2) is 14.2. The molecule has 1 spiro atoms. The number of carbonyl (C=O) groups excluding carboxylic acids is 3. The molecular formula is C32H44N4O3. The third-order valence-electron chi connectivity index (χ3n) is 8.19. The first kappa shape index (κ1) is 28.7. The summed E-state index contributed by atoms with van der Waals surface area (Å²) < 4.78 is 0. The van der Waals surface area contributed by atoms with Crippen LogP contribution >= 0.6 is 0 Å². The van der Waals surface area contributed by atoms with Crippen LogP contribution < -0.4 is 10.2 Å². The summed E-state index contributed by atoms with van der Waals surface area (Å²) in [7, 11) is 0. The van der Waals surface area contributed by atoms with Crippen molar-refractivity contribution in [2.45, 2.75) is 83.2 Å². The molecule has 0 saturated carbocycles. The van der Waals surface area contributed by atoms with Crippen LogP contribution in [0.15, 0.2) is 60.7 Å². The minimum Gasteiger partial charge on any atom is -0.350 e. The van der Waals surface area contributed by atoms with Crippen LogP contribution in [0.3, 0.4) is 0 Å². The average Bonchev–Trinajstić information content (AvgIpc) is 3.23. The third kappa shape index (κ3) is 7.40. The highest BCUT2D eigenvalue weighted by molar-refractivity contribution is 5.96. The van der Waals surface area contributed by atoms with Gasteiger partial charge in [-0.05, 0) is 37.0 Å². The zero-order valence-corrected chi connectivity index (χ0v) is 23.4. The summed E-state index contributed by atoms with van der Waals surface area (Å²) in [6.07, 6.45) is 10.1. The highest BCUT2D eigenvalue weighted by Gasteiger charge is 2.54. The average molecular weight is 533 g/mol. The largest absolute Gasteiger partial charge is 0.350 e. The quantitative estimate of drug-likeness (QED) is 0.364. The van der Waals surface area contributed by atoms with Gasteiger partial charge in [-0.1, -0.05) is 94.0 Å². The molecule has 1 N–H and O–H groups in total. The van der Waals surface area contributed by atoms with Crippen LogP contribution in [-0.4, -0.2) is 59.4 Å². The Balaban J connectivity index is 1.34. The number of likely N-dealkylation sites (tertiary alicyclic amines) is 1. The van der Waals surface area contributed by atoms with E-state index in [0.29, 0.717) is 45.6 Å². The Kier molecular flexibility index (Phi) is 10.4. The van der Waals surface area contributed by atoms with Crippen molar-refractivity contribution in [2.75, 3.05) is 31.2 Å². The van der Waals surface area contributed by atoms with E-state index < -0.39 is 5.54 Å². The van der Waals surface area contributed by atoms with Gasteiger partial charge in [-0.3, -0.25) is 14.4 Å². The first-order valence-electron chi connectivity index (χ1n) is 14.7. The van der Waals surface area contributed by atoms with Gasteiger partial charge in [0.2, 0.25) is 11.8 Å². The molecule has 0 aromatic heterocycles. The lowest BCUT2D eigenvalue weighted by molar-refractivity contribution is -0.140. The van der Waals surface area contributed by atoms with Crippen molar-refractivity contribution in [3.8, 4) is 0 Å². The first-order chi connectivity index (χ1) is 19.0. The fourth-order valence-electron chi connectivity index (χ4n) is 5.87. The van der Waals surface area contributed by atoms with Gasteiger partial charge in [-0.25, -0.2) is 0 Å². The molecule has 2 fully saturated rings. The molecule has 4 rings (SSSR count). The monoisotopic (exact) mass is 532 g/mol. The summed E-state index contributed by atoms with van der Waals surface area (Å²) in [5.74, 6) is 0.0206. The van der Waals surface area contributed by atoms with Crippen molar-refractivity contribution in [3.63, 3.8) is 0 Å². The Labute approximate surface area is 233 Å². The van der Waals surface area contributed by atoms with Crippen molar-refractivity contribution in [2.24, 2.45) is 0 Å². The fraction of sp³-hybridized carbons (Fsp3) is 0.531. The van der Waals surface area contributed by atoms with Crippen LogP contribution in [-0.2, 0) is 20.9 Å². The summed E-state index contributed by atoms with van der Waals surface area (Å²) in [5, 5.41) is 2.95. The van der Waals surface area contributed by atoms with Crippen molar-refractivity contribution < 1.29 is 14.4 Å². The first-order valence-corrected chi connectivity index (χ1v) is 14.7. The number of benzene rings is 2. The lowest BCUT2D eigenvalue weighted by Crippen LogP contribution is -2.57. The highest BCUT2D eigenvalue weighted by Crippen LogP contribution is 2.39. The molecule has 3 amide bonds. The van der Waals surface area contributed by atoms with E-state index in [9.17, 15) is 14.4 Å². The molecule has 2 aliphatic heterocycles. The van der Waals surface area contributed by atoms with E-state index in [-0.39, 0.29) is 24.3 Å². The Hall–Kier alpha value is -3.35. The van der Waals surface area contributed by atoms with Crippen LogP contribution in [0.2, 0.25) is 0 Å². The standard InChI is InChI=1S/C32H44N4O3/c1-2-3-4-5-6-7-14-19-30(38)34-22-20-32(21-23-34)31(39)35(26-36(32)28-17-12-9-13-18-28)25-29(37)33-24-27-15-10-8-11-16-27/h8-13,15-18H,2-7,14,19-26H2,1H3,(H,33,37). The van der Waals surface area contributed by atoms with Crippen molar-refractivity contribution in [1.29, 1.82) is 0 Å². The van der Waals surface area contributed by atoms with Gasteiger partial charge in [0.15, 0.2) is 0 Å². The Morgan fingerprint density at radius 1 is 0.846 bits per heavy atom. The van der Waals surface area contributed by atoms with E-state index in [1.54, 1.807) is 4.90 Å². The van der Waals surface area contributed by atoms with Crippen LogP contribution in [0.25, 0.3) is 0 Å². The molecule has 7 nitrogen and oxygen atoms in total. The van der Waals surface area contributed by atoms with E-state index in [1.165, 1.54) is 32.1 Å². The van der Waals surface area contributed by atoms with Crippen molar-refractivity contribution in [1.82, 2.24) is 15.1 Å². The van der Waals surface area contributed by atoms with Gasteiger partial charge in [0, 0.05) is 31.7 Å². The van der Waals surface area contributed by atoms with E-state index in [0.717, 1.165) is 24.1 Å². The highest BCUT2D eigenvalue weighted by atomic mass is 16.2. The number of amides is 3. The third-order valence-corrected chi connectivity index (χ3v) is 8.19. The molecule has 0 bridgehead atoms. The van der Waals surface area contributed by atoms with Gasteiger partial charge < -0.3 is 20.0 Å². The summed E-state index contributed by atoms with van der Waals surface area (Å²) in [4.78, 5) is 45.4. The zero-order chi connectivity index (χ0) is 27.5. The number of carbonyl (C=O) groups is 3. The molecule has 0 unspecified atom stereocenters. The van der Waals surface area contributed by atoms with Gasteiger partial charge in [-0.15, -0.1) is 0 Å². The molecule has 2 saturated heterocycles. The molecule has 0 atom stereocenters. The molecule has 0 radical (unpaired) electrons. The number of hydrogen-bond donors (Lipinski definition) is 1. The number of hydrogen-bond acceptors (Lipinski definition) is 4. The van der Waals surface area contributed by atoms with Gasteiger partial charge in [0.1, 0.15) is 12.1 Å². The summed E-state index contributed by atoms with van der Waals surface area (Å²) in [6.45, 7) is 4.19. The van der Waals surface area contributed by atoms with Crippen molar-refractivity contribution in [3.05, 3.63) is 66.2 Å². The smallest absolute Gasteiger partial charge is 0.250 e. The van der Waals surface area contributed by atoms with E-state index in [4.69, 9.17) is 0 Å². The molecule has 2 aromatic carbocycles. The molecule has 2 aromatic rings. The second-order valence-electron chi connectivity index (χ2n) is 11.0. The number of unbranched alkanes of at least 4 members (excludes halogenated alkanes) is 6. The molecule has 2 aliphatic rings. The van der Waals surface area contributed by atoms with Crippen LogP contribution in [0.4, 0.5) is 5.69 Å². The Morgan fingerprint density at radius 3 is 2.13 bits per heavy atom. The van der Waals surface area contributed by atoms with Crippen LogP contribution in [0.5, 0.6) is 0 Å². The summed E-state index contributed by atoms with van der Waals surface area (Å²) in [6, 6.07) is 19.7. The molecule has 39 heavy (non-hydrogen) atoms. The minimum absolute atomic E-state index is 0.0135. The lowest BCUT2D eigenvalue weighted by atomic mass is 9.85. The van der Waals surface area contributed by atoms with E-state index >= 15 is 0 Å². The number of nitrogens with zero attached hydrogens (tertiary/aromatic N) is 3. The number of rotatable bonds is 13. The predicted octanol–water partition coefficient (Wildman–Crippen LogP) is 5.11. The Bertz CT molecular complexity index is 1070. The van der Waals surface area contributed by atoms with Gasteiger partial charge in [-0.2, -0.15) is 0 Å². The predicted molar refractivity (Wildman–Crippen MR) is 155 cm³/mol. The maximum Gasteiger partial charge on any atom is 0.250 e. The fourth-order valence-corrected chi connectivity index (χ4v) is 5.87. The molecular weight excluding hydrogens is 488 g/mol. The number of para-hydroxylation sites is 1. The van der Waals surface area contributed by atoms with Gasteiger partial charge >= 0.3 is 0 Å². The van der Waals surface area contributed by atoms with Crippen LogP contribution in [0.1, 0.15) is 76.7 Å². The van der Waals surface area contributed by atoms with Gasteiger partial charge in [0.25, 0.3) is 5.91 Å². The SMILES string of the molecule is CCCCCCCCCC(=O)N1CCC2(CC1)C(=O)N(CC(=O)NCc1ccccc1)CN2c1ccccc1. The minimum atomic E-state index is -0.725. The molecule has 210 valence electrons. The summed E-state index contributed by atoms with van der Waals surface area (Å²) in [5.41, 5.74) is 1.27. The molecule has 7 heteroatoms. The second-order valence-corrected chi connectivity index (χ2v) is 11.0. The zero-order valence-electron chi connectivity index (χ0n) is 23.4. The lowest BCUT2D eigenvalue weighted by Gasteiger charge is -2.43. The maximum atomic E-state index is 13.9. The van der Waals surface area contributed by atoms with Gasteiger partial charge in [0.05, 0.1) is 6.67 Å². The normalized spacial score (nSPS) is 16.6. The number of piperidine rings is 1. The number of anilines is 1. The van der Waals surface area contributed by atoms with Crippen LogP contribution in [0, 0.1) is 0 Å². The topological polar surface area (TPSA) is 73.0 Å².